The number of fused-ring (bicyclic) bond motifs is 2. The molecule has 1 aromatic heterocycles. The predicted octanol–water partition coefficient (Wildman–Crippen LogP) is 4.23. The highest BCUT2D eigenvalue weighted by molar-refractivity contribution is 7.15. The first-order valence-corrected chi connectivity index (χ1v) is 11.9. The number of nitrogens with zero attached hydrogens (tertiary/aromatic N) is 2. The van der Waals surface area contributed by atoms with Crippen LogP contribution in [0.15, 0.2) is 54.6 Å². The van der Waals surface area contributed by atoms with E-state index in [1.54, 1.807) is 11.3 Å². The summed E-state index contributed by atoms with van der Waals surface area (Å²) in [4.78, 5) is 33.2. The third kappa shape index (κ3) is 4.74. The molecule has 2 N–H and O–H groups in total. The summed E-state index contributed by atoms with van der Waals surface area (Å²) in [5, 5.41) is 6.57. The minimum absolute atomic E-state index is 0.000259. The van der Waals surface area contributed by atoms with Crippen LogP contribution in [0.5, 0.6) is 0 Å². The van der Waals surface area contributed by atoms with E-state index in [1.165, 1.54) is 10.4 Å². The number of thiazole rings is 1. The number of hydrogen-bond donors (Lipinski definition) is 2. The first kappa shape index (κ1) is 20.8. The van der Waals surface area contributed by atoms with Crippen LogP contribution >= 0.6 is 11.3 Å². The van der Waals surface area contributed by atoms with E-state index >= 15 is 0 Å². The van der Waals surface area contributed by atoms with Crippen LogP contribution < -0.4 is 10.6 Å². The molecule has 2 aliphatic heterocycles. The number of hydrogen-bond acceptors (Lipinski definition) is 5. The fourth-order valence-corrected chi connectivity index (χ4v) is 5.48. The molecule has 0 spiro atoms. The minimum Gasteiger partial charge on any atom is -0.326 e. The zero-order valence-corrected chi connectivity index (χ0v) is 18.7. The van der Waals surface area contributed by atoms with Crippen LogP contribution in [0.25, 0.3) is 0 Å². The number of carbonyl (C=O) groups is 2. The molecule has 0 saturated heterocycles. The molecule has 7 heteroatoms. The molecule has 0 bridgehead atoms. The van der Waals surface area contributed by atoms with Gasteiger partial charge in [-0.05, 0) is 30.0 Å². The Hall–Kier alpha value is -3.03. The first-order chi connectivity index (χ1) is 15.6. The summed E-state index contributed by atoms with van der Waals surface area (Å²) in [6, 6.07) is 18.3. The third-order valence-electron chi connectivity index (χ3n) is 6.14. The molecule has 3 heterocycles. The van der Waals surface area contributed by atoms with Gasteiger partial charge in [-0.15, -0.1) is 11.3 Å². The van der Waals surface area contributed by atoms with Crippen molar-refractivity contribution in [2.24, 2.45) is 5.92 Å². The second-order valence-corrected chi connectivity index (χ2v) is 9.55. The molecule has 1 unspecified atom stereocenters. The van der Waals surface area contributed by atoms with Crippen LogP contribution in [-0.4, -0.2) is 28.2 Å². The van der Waals surface area contributed by atoms with Gasteiger partial charge in [0.15, 0.2) is 5.13 Å². The lowest BCUT2D eigenvalue weighted by molar-refractivity contribution is -0.121. The van der Waals surface area contributed by atoms with Crippen molar-refractivity contribution in [3.63, 3.8) is 0 Å². The molecule has 0 aliphatic carbocycles. The monoisotopic (exact) mass is 446 g/mol. The molecule has 0 fully saturated rings. The van der Waals surface area contributed by atoms with E-state index in [9.17, 15) is 9.59 Å². The van der Waals surface area contributed by atoms with Gasteiger partial charge in [0.25, 0.3) is 0 Å². The fourth-order valence-electron chi connectivity index (χ4n) is 4.41. The largest absolute Gasteiger partial charge is 0.326 e. The maximum atomic E-state index is 12.5. The van der Waals surface area contributed by atoms with Crippen molar-refractivity contribution >= 4 is 34.0 Å². The van der Waals surface area contributed by atoms with Gasteiger partial charge < -0.3 is 10.6 Å². The molecular formula is C25H26N4O2S. The van der Waals surface area contributed by atoms with Crippen molar-refractivity contribution in [2.45, 2.75) is 38.8 Å². The summed E-state index contributed by atoms with van der Waals surface area (Å²) in [5.41, 5.74) is 4.42. The van der Waals surface area contributed by atoms with E-state index in [4.69, 9.17) is 0 Å². The zero-order valence-electron chi connectivity index (χ0n) is 17.8. The molecular weight excluding hydrogens is 420 g/mol. The van der Waals surface area contributed by atoms with Crippen molar-refractivity contribution in [2.75, 3.05) is 17.2 Å². The molecule has 2 amide bonds. The van der Waals surface area contributed by atoms with Gasteiger partial charge in [0, 0.05) is 49.0 Å². The number of para-hydroxylation sites is 1. The number of carbonyl (C=O) groups excluding carboxylic acids is 2. The van der Waals surface area contributed by atoms with Crippen molar-refractivity contribution in [3.8, 4) is 0 Å². The highest BCUT2D eigenvalue weighted by Crippen LogP contribution is 2.30. The van der Waals surface area contributed by atoms with Crippen LogP contribution in [-0.2, 0) is 35.5 Å². The minimum atomic E-state index is -0.174. The van der Waals surface area contributed by atoms with E-state index < -0.39 is 0 Å². The number of nitrogens with one attached hydrogen (secondary N) is 2. The molecule has 1 atom stereocenters. The topological polar surface area (TPSA) is 74.3 Å². The van der Waals surface area contributed by atoms with Gasteiger partial charge in [-0.3, -0.25) is 14.5 Å². The second kappa shape index (κ2) is 9.22. The summed E-state index contributed by atoms with van der Waals surface area (Å²) in [7, 11) is 0. The number of aromatic nitrogens is 1. The number of rotatable bonds is 6. The van der Waals surface area contributed by atoms with Crippen LogP contribution in [0, 0.1) is 5.92 Å². The van der Waals surface area contributed by atoms with Gasteiger partial charge in [-0.25, -0.2) is 4.98 Å². The molecule has 2 aliphatic rings. The van der Waals surface area contributed by atoms with Crippen molar-refractivity contribution in [3.05, 3.63) is 76.3 Å². The molecule has 0 saturated carbocycles. The standard InChI is InChI=1S/C25H26N4O2S/c30-23(11-10-19-14-18-8-4-5-9-20(18)26-24(19)31)28-25-27-21-12-13-29(16-22(21)32-25)15-17-6-2-1-3-7-17/h1-9,19H,10-16H2,(H,26,31)(H,27,28,30). The van der Waals surface area contributed by atoms with Crippen LogP contribution in [0.2, 0.25) is 0 Å². The Balaban J connectivity index is 1.14. The Morgan fingerprint density at radius 2 is 1.97 bits per heavy atom. The highest BCUT2D eigenvalue weighted by Gasteiger charge is 2.27. The van der Waals surface area contributed by atoms with E-state index in [-0.39, 0.29) is 17.7 Å². The quantitative estimate of drug-likeness (QED) is 0.594. The predicted molar refractivity (Wildman–Crippen MR) is 127 cm³/mol. The first-order valence-electron chi connectivity index (χ1n) is 11.1. The lowest BCUT2D eigenvalue weighted by Crippen LogP contribution is -2.30. The Bertz CT molecular complexity index is 1130. The normalized spacial score (nSPS) is 17.9. The van der Waals surface area contributed by atoms with E-state index in [0.717, 1.165) is 43.0 Å². The summed E-state index contributed by atoms with van der Waals surface area (Å²) in [6.45, 7) is 2.75. The van der Waals surface area contributed by atoms with Gasteiger partial charge in [0.2, 0.25) is 11.8 Å². The fraction of sp³-hybridized carbons (Fsp3) is 0.320. The smallest absolute Gasteiger partial charge is 0.227 e. The van der Waals surface area contributed by atoms with E-state index in [1.807, 2.05) is 30.3 Å². The zero-order chi connectivity index (χ0) is 21.9. The lowest BCUT2D eigenvalue weighted by Gasteiger charge is -2.25. The Kier molecular flexibility index (Phi) is 6.01. The van der Waals surface area contributed by atoms with Gasteiger partial charge in [0.05, 0.1) is 5.69 Å². The maximum absolute atomic E-state index is 12.5. The van der Waals surface area contributed by atoms with E-state index in [2.05, 4.69) is 44.8 Å². The van der Waals surface area contributed by atoms with E-state index in [0.29, 0.717) is 24.4 Å². The number of anilines is 2. The van der Waals surface area contributed by atoms with Crippen molar-refractivity contribution in [1.29, 1.82) is 0 Å². The summed E-state index contributed by atoms with van der Waals surface area (Å²) in [6.07, 6.45) is 2.42. The molecule has 6 nitrogen and oxygen atoms in total. The summed E-state index contributed by atoms with van der Waals surface area (Å²) >= 11 is 1.57. The summed E-state index contributed by atoms with van der Waals surface area (Å²) < 4.78 is 0. The number of amides is 2. The average molecular weight is 447 g/mol. The van der Waals surface area contributed by atoms with Crippen LogP contribution in [0.1, 0.15) is 34.5 Å². The molecule has 0 radical (unpaired) electrons. The third-order valence-corrected chi connectivity index (χ3v) is 7.14. The second-order valence-electron chi connectivity index (χ2n) is 8.47. The molecule has 3 aromatic rings. The molecule has 2 aromatic carbocycles. The summed E-state index contributed by atoms with van der Waals surface area (Å²) in [5.74, 6) is -0.254. The molecule has 32 heavy (non-hydrogen) atoms. The molecule has 5 rings (SSSR count). The van der Waals surface area contributed by atoms with Gasteiger partial charge in [-0.2, -0.15) is 0 Å². The SMILES string of the molecule is O=C(CCC1Cc2ccccc2NC1=O)Nc1nc2c(s1)CN(Cc1ccccc1)CC2. The Morgan fingerprint density at radius 3 is 2.84 bits per heavy atom. The Labute approximate surface area is 191 Å². The van der Waals surface area contributed by atoms with Gasteiger partial charge >= 0.3 is 0 Å². The maximum Gasteiger partial charge on any atom is 0.227 e. The van der Waals surface area contributed by atoms with Crippen LogP contribution in [0.3, 0.4) is 0 Å². The number of benzene rings is 2. The molecule has 164 valence electrons. The lowest BCUT2D eigenvalue weighted by atomic mass is 9.89. The van der Waals surface area contributed by atoms with Gasteiger partial charge in [0.1, 0.15) is 0 Å². The van der Waals surface area contributed by atoms with Gasteiger partial charge in [-0.1, -0.05) is 48.5 Å². The highest BCUT2D eigenvalue weighted by atomic mass is 32.1. The average Bonchev–Trinajstić information content (AvgIpc) is 3.19. The van der Waals surface area contributed by atoms with Crippen molar-refractivity contribution < 1.29 is 9.59 Å². The Morgan fingerprint density at radius 1 is 1.16 bits per heavy atom. The van der Waals surface area contributed by atoms with Crippen molar-refractivity contribution in [1.82, 2.24) is 9.88 Å². The van der Waals surface area contributed by atoms with Crippen LogP contribution in [0.4, 0.5) is 10.8 Å².